The monoisotopic (exact) mass is 264 g/mol. The molecule has 1 aliphatic rings. The maximum atomic E-state index is 11.4. The van der Waals surface area contributed by atoms with E-state index in [9.17, 15) is 9.59 Å². The maximum absolute atomic E-state index is 11.4. The Balaban J connectivity index is 2.03. The summed E-state index contributed by atoms with van der Waals surface area (Å²) in [6.07, 6.45) is 2.77. The van der Waals surface area contributed by atoms with Crippen LogP contribution in [0.15, 0.2) is 12.3 Å². The Bertz CT molecular complexity index is 492. The first-order valence-corrected chi connectivity index (χ1v) is 6.02. The van der Waals surface area contributed by atoms with Gasteiger partial charge in [-0.2, -0.15) is 0 Å². The van der Waals surface area contributed by atoms with Crippen molar-refractivity contribution in [3.63, 3.8) is 0 Å². The number of amides is 1. The number of likely N-dealkylation sites (N-methyl/N-ethyl adjacent to an activating group) is 1. The van der Waals surface area contributed by atoms with Gasteiger partial charge in [-0.15, -0.1) is 0 Å². The average Bonchev–Trinajstić information content (AvgIpc) is 2.42. The number of nitrogens with one attached hydrogen (secondary N) is 1. The topological polar surface area (TPSA) is 84.4 Å². The Morgan fingerprint density at radius 3 is 3.05 bits per heavy atom. The first-order valence-electron chi connectivity index (χ1n) is 6.02. The molecular weight excluding hydrogens is 248 g/mol. The fraction of sp³-hybridized carbons (Fsp3) is 0.500. The van der Waals surface area contributed by atoms with Gasteiger partial charge in [0.15, 0.2) is 0 Å². The number of methoxy groups -OCH3 is 1. The highest BCUT2D eigenvalue weighted by atomic mass is 16.5. The van der Waals surface area contributed by atoms with E-state index >= 15 is 0 Å². The van der Waals surface area contributed by atoms with Crippen LogP contribution in [0.25, 0.3) is 0 Å². The zero-order valence-corrected chi connectivity index (χ0v) is 10.9. The third kappa shape index (κ3) is 3.18. The third-order valence-electron chi connectivity index (χ3n) is 3.00. The molecule has 1 unspecified atom stereocenters. The lowest BCUT2D eigenvalue weighted by Gasteiger charge is -2.30. The number of esters is 1. The second-order valence-corrected chi connectivity index (χ2v) is 4.41. The van der Waals surface area contributed by atoms with Crippen LogP contribution >= 0.6 is 0 Å². The van der Waals surface area contributed by atoms with Gasteiger partial charge in [-0.3, -0.25) is 4.79 Å². The molecule has 1 aliphatic heterocycles. The molecule has 0 aromatic carbocycles. The molecule has 0 radical (unpaired) electrons. The minimum Gasteiger partial charge on any atom is -0.463 e. The lowest BCUT2D eigenvalue weighted by molar-refractivity contribution is -0.132. The van der Waals surface area contributed by atoms with Crippen molar-refractivity contribution in [3.8, 4) is 0 Å². The van der Waals surface area contributed by atoms with Crippen LogP contribution in [0.5, 0.6) is 0 Å². The Kier molecular flexibility index (Phi) is 3.94. The summed E-state index contributed by atoms with van der Waals surface area (Å²) in [5.74, 6) is 0.159. The Morgan fingerprint density at radius 2 is 2.37 bits per heavy atom. The number of aromatic nitrogens is 2. The molecule has 2 rings (SSSR count). The van der Waals surface area contributed by atoms with Crippen molar-refractivity contribution in [2.75, 3.05) is 26.0 Å². The molecule has 0 spiro atoms. The van der Waals surface area contributed by atoms with Gasteiger partial charge in [0.2, 0.25) is 11.7 Å². The van der Waals surface area contributed by atoms with Crippen LogP contribution in [-0.2, 0) is 9.53 Å². The molecule has 1 fully saturated rings. The van der Waals surface area contributed by atoms with E-state index in [1.807, 2.05) is 0 Å². The third-order valence-corrected chi connectivity index (χ3v) is 3.00. The number of ether oxygens (including phenoxy) is 1. The van der Waals surface area contributed by atoms with Crippen molar-refractivity contribution in [2.24, 2.45) is 0 Å². The van der Waals surface area contributed by atoms with Gasteiger partial charge in [0.1, 0.15) is 5.82 Å². The summed E-state index contributed by atoms with van der Waals surface area (Å²) >= 11 is 0. The Labute approximate surface area is 111 Å². The predicted octanol–water partition coefficient (Wildman–Crippen LogP) is 0.296. The number of hydrogen-bond donors (Lipinski definition) is 1. The van der Waals surface area contributed by atoms with Crippen molar-refractivity contribution < 1.29 is 14.3 Å². The molecule has 19 heavy (non-hydrogen) atoms. The van der Waals surface area contributed by atoms with Crippen molar-refractivity contribution >= 4 is 17.7 Å². The van der Waals surface area contributed by atoms with Crippen molar-refractivity contribution in [3.05, 3.63) is 18.1 Å². The van der Waals surface area contributed by atoms with E-state index < -0.39 is 5.97 Å². The number of rotatable bonds is 3. The minimum absolute atomic E-state index is 0.0211. The molecule has 0 saturated carbocycles. The second kappa shape index (κ2) is 5.64. The summed E-state index contributed by atoms with van der Waals surface area (Å²) in [7, 11) is 3.06. The minimum atomic E-state index is -0.570. The summed E-state index contributed by atoms with van der Waals surface area (Å²) in [4.78, 5) is 32.3. The van der Waals surface area contributed by atoms with Gasteiger partial charge in [0.05, 0.1) is 7.11 Å². The maximum Gasteiger partial charge on any atom is 0.376 e. The molecule has 1 aromatic rings. The summed E-state index contributed by atoms with van der Waals surface area (Å²) in [5, 5.41) is 3.20. The number of anilines is 1. The largest absolute Gasteiger partial charge is 0.463 e. The van der Waals surface area contributed by atoms with Crippen LogP contribution in [0, 0.1) is 0 Å². The van der Waals surface area contributed by atoms with Gasteiger partial charge in [-0.1, -0.05) is 0 Å². The number of likely N-dealkylation sites (tertiary alicyclic amines) is 1. The van der Waals surface area contributed by atoms with Gasteiger partial charge in [0.25, 0.3) is 0 Å². The molecule has 0 bridgehead atoms. The van der Waals surface area contributed by atoms with Gasteiger partial charge >= 0.3 is 5.97 Å². The van der Waals surface area contributed by atoms with E-state index in [0.717, 1.165) is 6.42 Å². The summed E-state index contributed by atoms with van der Waals surface area (Å²) in [6, 6.07) is 1.81. The highest BCUT2D eigenvalue weighted by Crippen LogP contribution is 2.14. The van der Waals surface area contributed by atoms with E-state index in [2.05, 4.69) is 20.0 Å². The van der Waals surface area contributed by atoms with Gasteiger partial charge in [-0.05, 0) is 12.5 Å². The quantitative estimate of drug-likeness (QED) is 0.790. The molecule has 7 nitrogen and oxygen atoms in total. The average molecular weight is 264 g/mol. The molecule has 1 aromatic heterocycles. The van der Waals surface area contributed by atoms with E-state index in [1.54, 1.807) is 18.0 Å². The molecule has 1 N–H and O–H groups in total. The summed E-state index contributed by atoms with van der Waals surface area (Å²) in [6.45, 7) is 0.621. The van der Waals surface area contributed by atoms with E-state index in [0.29, 0.717) is 18.8 Å². The zero-order chi connectivity index (χ0) is 13.8. The van der Waals surface area contributed by atoms with Gasteiger partial charge in [0, 0.05) is 32.3 Å². The number of carbonyl (C=O) groups excluding carboxylic acids is 2. The van der Waals surface area contributed by atoms with E-state index in [-0.39, 0.29) is 17.8 Å². The smallest absolute Gasteiger partial charge is 0.376 e. The first kappa shape index (κ1) is 13.3. The van der Waals surface area contributed by atoms with Crippen LogP contribution in [0.2, 0.25) is 0 Å². The highest BCUT2D eigenvalue weighted by molar-refractivity contribution is 5.85. The standard InChI is InChI=1S/C12H16N4O3/c1-16-7-8(3-4-10(16)17)14-9-5-6-13-11(15-9)12(18)19-2/h5-6,8H,3-4,7H2,1-2H3,(H,13,14,15). The van der Waals surface area contributed by atoms with Crippen LogP contribution in [0.3, 0.4) is 0 Å². The summed E-state index contributed by atoms with van der Waals surface area (Å²) < 4.78 is 4.57. The predicted molar refractivity (Wildman–Crippen MR) is 67.7 cm³/mol. The number of hydrogen-bond acceptors (Lipinski definition) is 6. The van der Waals surface area contributed by atoms with E-state index in [4.69, 9.17) is 0 Å². The SMILES string of the molecule is COC(=O)c1nccc(NC2CCC(=O)N(C)C2)n1. The second-order valence-electron chi connectivity index (χ2n) is 4.41. The van der Waals surface area contributed by atoms with Crippen LogP contribution < -0.4 is 5.32 Å². The molecule has 1 atom stereocenters. The zero-order valence-electron chi connectivity index (χ0n) is 10.9. The first-order chi connectivity index (χ1) is 9.10. The molecular formula is C12H16N4O3. The Hall–Kier alpha value is -2.18. The van der Waals surface area contributed by atoms with Crippen molar-refractivity contribution in [2.45, 2.75) is 18.9 Å². The van der Waals surface area contributed by atoms with Crippen molar-refractivity contribution in [1.82, 2.24) is 14.9 Å². The Morgan fingerprint density at radius 1 is 1.58 bits per heavy atom. The number of nitrogens with zero attached hydrogens (tertiary/aromatic N) is 3. The molecule has 102 valence electrons. The highest BCUT2D eigenvalue weighted by Gasteiger charge is 2.23. The van der Waals surface area contributed by atoms with Crippen LogP contribution in [0.1, 0.15) is 23.5 Å². The van der Waals surface area contributed by atoms with E-state index in [1.165, 1.54) is 13.3 Å². The number of piperidine rings is 1. The molecule has 1 amide bonds. The molecule has 1 saturated heterocycles. The van der Waals surface area contributed by atoms with Crippen LogP contribution in [-0.4, -0.2) is 53.5 Å². The normalized spacial score (nSPS) is 19.2. The molecule has 7 heteroatoms. The van der Waals surface area contributed by atoms with Gasteiger partial charge in [-0.25, -0.2) is 14.8 Å². The van der Waals surface area contributed by atoms with Crippen molar-refractivity contribution in [1.29, 1.82) is 0 Å². The fourth-order valence-electron chi connectivity index (χ4n) is 1.97. The molecule has 2 heterocycles. The lowest BCUT2D eigenvalue weighted by Crippen LogP contribution is -2.43. The number of carbonyl (C=O) groups is 2. The fourth-order valence-corrected chi connectivity index (χ4v) is 1.97. The van der Waals surface area contributed by atoms with Gasteiger partial charge < -0.3 is 15.0 Å². The lowest BCUT2D eigenvalue weighted by atomic mass is 10.1. The summed E-state index contributed by atoms with van der Waals surface area (Å²) in [5.41, 5.74) is 0. The molecule has 0 aliphatic carbocycles. The van der Waals surface area contributed by atoms with Crippen LogP contribution in [0.4, 0.5) is 5.82 Å².